The summed E-state index contributed by atoms with van der Waals surface area (Å²) in [5.41, 5.74) is 1.48. The van der Waals surface area contributed by atoms with E-state index in [1.54, 1.807) is 48.5 Å². The van der Waals surface area contributed by atoms with Gasteiger partial charge in [0.2, 0.25) is 0 Å². The van der Waals surface area contributed by atoms with Gasteiger partial charge in [-0.05, 0) is 48.0 Å². The molecule has 5 nitrogen and oxygen atoms in total. The third-order valence-corrected chi connectivity index (χ3v) is 4.19. The van der Waals surface area contributed by atoms with Crippen molar-refractivity contribution < 1.29 is 18.7 Å². The first-order valence-electron chi connectivity index (χ1n) is 7.59. The van der Waals surface area contributed by atoms with Crippen LogP contribution in [-0.2, 0) is 11.3 Å². The van der Waals surface area contributed by atoms with Gasteiger partial charge in [0.1, 0.15) is 6.61 Å². The van der Waals surface area contributed by atoms with Gasteiger partial charge in [0.05, 0.1) is 21.9 Å². The first-order chi connectivity index (χ1) is 12.5. The minimum Gasteiger partial charge on any atom is -0.459 e. The van der Waals surface area contributed by atoms with E-state index in [4.69, 9.17) is 32.4 Å². The molecular formula is C19H13Cl2NO4. The van der Waals surface area contributed by atoms with Crippen LogP contribution >= 0.6 is 23.2 Å². The average molecular weight is 390 g/mol. The van der Waals surface area contributed by atoms with Gasteiger partial charge in [-0.3, -0.25) is 4.79 Å². The summed E-state index contributed by atoms with van der Waals surface area (Å²) in [6.45, 7) is 0.0543. The highest BCUT2D eigenvalue weighted by Gasteiger charge is 2.12. The Bertz CT molecular complexity index is 938. The summed E-state index contributed by atoms with van der Waals surface area (Å²) < 4.78 is 10.3. The number of amides is 1. The van der Waals surface area contributed by atoms with Crippen LogP contribution in [0.15, 0.2) is 65.3 Å². The number of furan rings is 1. The molecule has 132 valence electrons. The first-order valence-corrected chi connectivity index (χ1v) is 8.34. The van der Waals surface area contributed by atoms with Gasteiger partial charge < -0.3 is 14.5 Å². The lowest BCUT2D eigenvalue weighted by Gasteiger charge is -2.08. The number of esters is 1. The molecule has 2 aromatic carbocycles. The van der Waals surface area contributed by atoms with E-state index in [2.05, 4.69) is 5.32 Å². The van der Waals surface area contributed by atoms with Crippen LogP contribution in [0.4, 0.5) is 5.69 Å². The van der Waals surface area contributed by atoms with Gasteiger partial charge in [0.25, 0.3) is 5.91 Å². The molecule has 0 saturated carbocycles. The van der Waals surface area contributed by atoms with Crippen molar-refractivity contribution in [3.63, 3.8) is 0 Å². The van der Waals surface area contributed by atoms with Crippen molar-refractivity contribution in [2.45, 2.75) is 6.61 Å². The average Bonchev–Trinajstić information content (AvgIpc) is 3.17. The molecule has 26 heavy (non-hydrogen) atoms. The molecule has 0 atom stereocenters. The number of carbonyl (C=O) groups is 2. The number of benzene rings is 2. The Labute approximate surface area is 159 Å². The Hall–Kier alpha value is -2.76. The lowest BCUT2D eigenvalue weighted by atomic mass is 10.2. The zero-order valence-electron chi connectivity index (χ0n) is 13.4. The summed E-state index contributed by atoms with van der Waals surface area (Å²) in [5.74, 6) is -0.751. The van der Waals surface area contributed by atoms with Crippen LogP contribution in [0, 0.1) is 0 Å². The topological polar surface area (TPSA) is 68.5 Å². The van der Waals surface area contributed by atoms with Gasteiger partial charge in [-0.2, -0.15) is 0 Å². The largest absolute Gasteiger partial charge is 0.459 e. The molecule has 3 rings (SSSR count). The van der Waals surface area contributed by atoms with Crippen LogP contribution < -0.4 is 5.32 Å². The van der Waals surface area contributed by atoms with Crippen molar-refractivity contribution in [2.24, 2.45) is 0 Å². The second-order valence-electron chi connectivity index (χ2n) is 5.34. The number of hydrogen-bond donors (Lipinski definition) is 1. The van der Waals surface area contributed by atoms with Crippen molar-refractivity contribution in [3.8, 4) is 0 Å². The fraction of sp³-hybridized carbons (Fsp3) is 0.0526. The molecule has 1 amide bonds. The number of halogens is 2. The first kappa shape index (κ1) is 18.0. The molecule has 1 heterocycles. The van der Waals surface area contributed by atoms with Crippen LogP contribution in [0.2, 0.25) is 10.0 Å². The maximum absolute atomic E-state index is 12.2. The lowest BCUT2D eigenvalue weighted by molar-refractivity contribution is 0.0472. The van der Waals surface area contributed by atoms with Gasteiger partial charge in [-0.1, -0.05) is 35.3 Å². The summed E-state index contributed by atoms with van der Waals surface area (Å²) in [7, 11) is 0. The quantitative estimate of drug-likeness (QED) is 0.609. The van der Waals surface area contributed by atoms with E-state index in [-0.39, 0.29) is 12.4 Å². The van der Waals surface area contributed by atoms with E-state index in [0.29, 0.717) is 21.3 Å². The zero-order chi connectivity index (χ0) is 18.5. The number of ether oxygens (including phenoxy) is 1. The summed E-state index contributed by atoms with van der Waals surface area (Å²) in [6, 6.07) is 14.6. The Morgan fingerprint density at radius 1 is 1.00 bits per heavy atom. The van der Waals surface area contributed by atoms with E-state index in [9.17, 15) is 9.59 Å². The van der Waals surface area contributed by atoms with Crippen LogP contribution in [0.25, 0.3) is 0 Å². The number of anilines is 1. The predicted octanol–water partition coefficient (Wildman–Crippen LogP) is 5.20. The molecule has 0 spiro atoms. The lowest BCUT2D eigenvalue weighted by Crippen LogP contribution is -2.12. The molecule has 0 fully saturated rings. The van der Waals surface area contributed by atoms with E-state index < -0.39 is 11.9 Å². The second kappa shape index (κ2) is 8.08. The van der Waals surface area contributed by atoms with E-state index >= 15 is 0 Å². The van der Waals surface area contributed by atoms with E-state index in [0.717, 1.165) is 5.56 Å². The number of hydrogen-bond acceptors (Lipinski definition) is 4. The van der Waals surface area contributed by atoms with E-state index in [1.165, 1.54) is 12.3 Å². The fourth-order valence-corrected chi connectivity index (χ4v) is 2.51. The standard InChI is InChI=1S/C19H13Cl2NO4/c20-15-7-6-12(9-16(15)21)11-26-19(24)13-3-1-4-14(10-13)22-18(23)17-5-2-8-25-17/h1-10H,11H2,(H,22,23). The fourth-order valence-electron chi connectivity index (χ4n) is 2.19. The molecule has 1 aromatic heterocycles. The highest BCUT2D eigenvalue weighted by molar-refractivity contribution is 6.42. The Kier molecular flexibility index (Phi) is 5.61. The van der Waals surface area contributed by atoms with Gasteiger partial charge in [0, 0.05) is 5.69 Å². The SMILES string of the molecule is O=C(OCc1ccc(Cl)c(Cl)c1)c1cccc(NC(=O)c2ccco2)c1. The predicted molar refractivity (Wildman–Crippen MR) is 98.7 cm³/mol. The normalized spacial score (nSPS) is 10.4. The maximum Gasteiger partial charge on any atom is 0.338 e. The highest BCUT2D eigenvalue weighted by atomic mass is 35.5. The van der Waals surface area contributed by atoms with E-state index in [1.807, 2.05) is 0 Å². The monoisotopic (exact) mass is 389 g/mol. The van der Waals surface area contributed by atoms with Gasteiger partial charge in [-0.25, -0.2) is 4.79 Å². The van der Waals surface area contributed by atoms with Crippen LogP contribution in [-0.4, -0.2) is 11.9 Å². The summed E-state index contributed by atoms with van der Waals surface area (Å²) in [5, 5.41) is 3.48. The zero-order valence-corrected chi connectivity index (χ0v) is 14.9. The third-order valence-electron chi connectivity index (χ3n) is 3.46. The molecule has 0 radical (unpaired) electrons. The van der Waals surface area contributed by atoms with Crippen LogP contribution in [0.5, 0.6) is 0 Å². The van der Waals surface area contributed by atoms with Crippen molar-refractivity contribution >= 4 is 40.8 Å². The molecule has 1 N–H and O–H groups in total. The van der Waals surface area contributed by atoms with Crippen LogP contribution in [0.1, 0.15) is 26.5 Å². The minimum absolute atomic E-state index is 0.0543. The number of nitrogens with one attached hydrogen (secondary N) is 1. The highest BCUT2D eigenvalue weighted by Crippen LogP contribution is 2.23. The molecule has 0 aliphatic heterocycles. The Balaban J connectivity index is 1.64. The second-order valence-corrected chi connectivity index (χ2v) is 6.15. The summed E-state index contributed by atoms with van der Waals surface area (Å²) in [4.78, 5) is 24.2. The smallest absolute Gasteiger partial charge is 0.338 e. The molecule has 3 aromatic rings. The summed E-state index contributed by atoms with van der Waals surface area (Å²) >= 11 is 11.8. The van der Waals surface area contributed by atoms with Crippen molar-refractivity contribution in [3.05, 3.63) is 87.8 Å². The van der Waals surface area contributed by atoms with Crippen molar-refractivity contribution in [1.82, 2.24) is 0 Å². The molecule has 0 unspecified atom stereocenters. The van der Waals surface area contributed by atoms with Gasteiger partial charge in [0.15, 0.2) is 5.76 Å². The number of rotatable bonds is 5. The molecule has 0 aliphatic carbocycles. The minimum atomic E-state index is -0.523. The van der Waals surface area contributed by atoms with Crippen LogP contribution in [0.3, 0.4) is 0 Å². The van der Waals surface area contributed by atoms with Gasteiger partial charge >= 0.3 is 5.97 Å². The van der Waals surface area contributed by atoms with Crippen molar-refractivity contribution in [1.29, 1.82) is 0 Å². The summed E-state index contributed by atoms with van der Waals surface area (Å²) in [6.07, 6.45) is 1.41. The molecular weight excluding hydrogens is 377 g/mol. The molecule has 0 saturated heterocycles. The molecule has 0 bridgehead atoms. The Morgan fingerprint density at radius 2 is 1.85 bits per heavy atom. The number of carbonyl (C=O) groups excluding carboxylic acids is 2. The van der Waals surface area contributed by atoms with Gasteiger partial charge in [-0.15, -0.1) is 0 Å². The third kappa shape index (κ3) is 4.45. The van der Waals surface area contributed by atoms with Crippen molar-refractivity contribution in [2.75, 3.05) is 5.32 Å². The molecule has 7 heteroatoms. The molecule has 0 aliphatic rings. The maximum atomic E-state index is 12.2. The Morgan fingerprint density at radius 3 is 2.58 bits per heavy atom.